The third kappa shape index (κ3) is 4.30. The molecule has 1 unspecified atom stereocenters. The molecule has 1 aromatic carbocycles. The molecule has 1 aliphatic rings. The highest BCUT2D eigenvalue weighted by Crippen LogP contribution is 2.19. The van der Waals surface area contributed by atoms with Crippen molar-refractivity contribution < 1.29 is 9.32 Å². The van der Waals surface area contributed by atoms with Gasteiger partial charge in [-0.2, -0.15) is 4.98 Å². The van der Waals surface area contributed by atoms with Gasteiger partial charge in [0.05, 0.1) is 12.1 Å². The molecule has 6 nitrogen and oxygen atoms in total. The number of nitrogens with one attached hydrogen (secondary N) is 2. The lowest BCUT2D eigenvalue weighted by Crippen LogP contribution is -2.47. The summed E-state index contributed by atoms with van der Waals surface area (Å²) in [7, 11) is 0. The zero-order valence-corrected chi connectivity index (χ0v) is 13.8. The van der Waals surface area contributed by atoms with Gasteiger partial charge in [-0.15, -0.1) is 12.4 Å². The maximum atomic E-state index is 12.2. The van der Waals surface area contributed by atoms with E-state index < -0.39 is 0 Å². The molecule has 2 heterocycles. The first kappa shape index (κ1) is 17.4. The molecule has 0 saturated carbocycles. The summed E-state index contributed by atoms with van der Waals surface area (Å²) < 4.78 is 5.27. The van der Waals surface area contributed by atoms with Crippen molar-refractivity contribution in [3.8, 4) is 11.5 Å². The van der Waals surface area contributed by atoms with E-state index in [4.69, 9.17) is 4.52 Å². The molecule has 1 amide bonds. The van der Waals surface area contributed by atoms with E-state index in [-0.39, 0.29) is 30.4 Å². The topological polar surface area (TPSA) is 80.0 Å². The molecule has 2 N–H and O–H groups in total. The fourth-order valence-corrected chi connectivity index (χ4v) is 2.56. The average molecular weight is 337 g/mol. The van der Waals surface area contributed by atoms with Crippen LogP contribution in [0, 0.1) is 0 Å². The molecule has 0 aliphatic carbocycles. The van der Waals surface area contributed by atoms with Crippen LogP contribution in [-0.2, 0) is 4.79 Å². The van der Waals surface area contributed by atoms with E-state index in [9.17, 15) is 4.79 Å². The van der Waals surface area contributed by atoms with Gasteiger partial charge in [-0.3, -0.25) is 4.79 Å². The Morgan fingerprint density at radius 3 is 2.83 bits per heavy atom. The van der Waals surface area contributed by atoms with E-state index in [0.29, 0.717) is 11.7 Å². The van der Waals surface area contributed by atoms with Gasteiger partial charge >= 0.3 is 0 Å². The Balaban J connectivity index is 0.00000192. The van der Waals surface area contributed by atoms with Crippen molar-refractivity contribution in [2.75, 3.05) is 6.54 Å². The molecule has 0 radical (unpaired) electrons. The number of amides is 1. The SMILES string of the molecule is CC(NC(=O)[C@H]1CCCCN1)c1noc(-c2ccccc2)n1.Cl. The number of piperidine rings is 1. The molecule has 3 rings (SSSR count). The van der Waals surface area contributed by atoms with E-state index in [2.05, 4.69) is 20.8 Å². The molecule has 23 heavy (non-hydrogen) atoms. The van der Waals surface area contributed by atoms with Crippen molar-refractivity contribution in [2.24, 2.45) is 0 Å². The van der Waals surface area contributed by atoms with E-state index in [1.54, 1.807) is 0 Å². The predicted octanol–water partition coefficient (Wildman–Crippen LogP) is 2.48. The van der Waals surface area contributed by atoms with E-state index in [1.165, 1.54) is 0 Å². The van der Waals surface area contributed by atoms with Gasteiger partial charge in [0, 0.05) is 5.56 Å². The van der Waals surface area contributed by atoms with Gasteiger partial charge in [0.2, 0.25) is 5.91 Å². The van der Waals surface area contributed by atoms with Crippen LogP contribution in [-0.4, -0.2) is 28.6 Å². The first-order valence-corrected chi connectivity index (χ1v) is 7.67. The van der Waals surface area contributed by atoms with Gasteiger partial charge in [-0.05, 0) is 38.4 Å². The van der Waals surface area contributed by atoms with Gasteiger partial charge in [-0.1, -0.05) is 29.8 Å². The normalized spacial score (nSPS) is 18.7. The molecular weight excluding hydrogens is 316 g/mol. The monoisotopic (exact) mass is 336 g/mol. The van der Waals surface area contributed by atoms with Crippen molar-refractivity contribution >= 4 is 18.3 Å². The van der Waals surface area contributed by atoms with Crippen LogP contribution in [0.1, 0.15) is 38.1 Å². The lowest BCUT2D eigenvalue weighted by molar-refractivity contribution is -0.124. The van der Waals surface area contributed by atoms with Gasteiger partial charge in [-0.25, -0.2) is 0 Å². The third-order valence-corrected chi connectivity index (χ3v) is 3.84. The minimum absolute atomic E-state index is 0. The van der Waals surface area contributed by atoms with Crippen molar-refractivity contribution in [1.82, 2.24) is 20.8 Å². The van der Waals surface area contributed by atoms with Crippen LogP contribution in [0.15, 0.2) is 34.9 Å². The van der Waals surface area contributed by atoms with Crippen molar-refractivity contribution in [2.45, 2.75) is 38.3 Å². The van der Waals surface area contributed by atoms with Crippen LogP contribution >= 0.6 is 12.4 Å². The summed E-state index contributed by atoms with van der Waals surface area (Å²) in [5.41, 5.74) is 0.869. The second-order valence-electron chi connectivity index (χ2n) is 5.56. The highest BCUT2D eigenvalue weighted by Gasteiger charge is 2.24. The Morgan fingerprint density at radius 1 is 1.35 bits per heavy atom. The molecule has 0 spiro atoms. The number of aromatic nitrogens is 2. The molecule has 1 saturated heterocycles. The molecule has 7 heteroatoms. The lowest BCUT2D eigenvalue weighted by atomic mass is 10.0. The van der Waals surface area contributed by atoms with Crippen molar-refractivity contribution in [1.29, 1.82) is 0 Å². The van der Waals surface area contributed by atoms with E-state index >= 15 is 0 Å². The summed E-state index contributed by atoms with van der Waals surface area (Å²) >= 11 is 0. The number of hydrogen-bond acceptors (Lipinski definition) is 5. The van der Waals surface area contributed by atoms with Crippen molar-refractivity contribution in [3.63, 3.8) is 0 Å². The van der Waals surface area contributed by atoms with E-state index in [0.717, 1.165) is 31.4 Å². The predicted molar refractivity (Wildman–Crippen MR) is 89.2 cm³/mol. The Hall–Kier alpha value is -1.92. The van der Waals surface area contributed by atoms with Gasteiger partial charge < -0.3 is 15.2 Å². The standard InChI is InChI=1S/C16H20N4O2.ClH/c1-11(18-15(21)13-9-5-6-10-17-13)14-19-16(22-20-14)12-7-3-2-4-8-12;/h2-4,7-8,11,13,17H,5-6,9-10H2,1H3,(H,18,21);1H/t11?,13-;/m1./s1. The number of carbonyl (C=O) groups is 1. The summed E-state index contributed by atoms with van der Waals surface area (Å²) in [6.07, 6.45) is 3.09. The Labute approximate surface area is 141 Å². The summed E-state index contributed by atoms with van der Waals surface area (Å²) in [6, 6.07) is 9.19. The third-order valence-electron chi connectivity index (χ3n) is 3.84. The minimum atomic E-state index is -0.280. The highest BCUT2D eigenvalue weighted by atomic mass is 35.5. The van der Waals surface area contributed by atoms with Crippen LogP contribution in [0.4, 0.5) is 0 Å². The fourth-order valence-electron chi connectivity index (χ4n) is 2.56. The molecule has 1 aliphatic heterocycles. The van der Waals surface area contributed by atoms with Gasteiger partial charge in [0.1, 0.15) is 0 Å². The highest BCUT2D eigenvalue weighted by molar-refractivity contribution is 5.85. The zero-order valence-electron chi connectivity index (χ0n) is 13.0. The molecule has 0 bridgehead atoms. The first-order chi connectivity index (χ1) is 10.7. The van der Waals surface area contributed by atoms with Crippen LogP contribution in [0.5, 0.6) is 0 Å². The van der Waals surface area contributed by atoms with Crippen LogP contribution < -0.4 is 10.6 Å². The van der Waals surface area contributed by atoms with Gasteiger partial charge in [0.25, 0.3) is 5.89 Å². The van der Waals surface area contributed by atoms with Crippen LogP contribution in [0.2, 0.25) is 0 Å². The smallest absolute Gasteiger partial charge is 0.257 e. The number of hydrogen-bond donors (Lipinski definition) is 2. The largest absolute Gasteiger partial charge is 0.345 e. The maximum Gasteiger partial charge on any atom is 0.257 e. The number of nitrogens with zero attached hydrogens (tertiary/aromatic N) is 2. The fraction of sp³-hybridized carbons (Fsp3) is 0.438. The Bertz CT molecular complexity index is 626. The van der Waals surface area contributed by atoms with Crippen molar-refractivity contribution in [3.05, 3.63) is 36.2 Å². The second-order valence-corrected chi connectivity index (χ2v) is 5.56. The van der Waals surface area contributed by atoms with Crippen LogP contribution in [0.3, 0.4) is 0 Å². The molecule has 124 valence electrons. The minimum Gasteiger partial charge on any atom is -0.345 e. The summed E-state index contributed by atoms with van der Waals surface area (Å²) in [5.74, 6) is 0.953. The lowest BCUT2D eigenvalue weighted by Gasteiger charge is -2.23. The number of benzene rings is 1. The Kier molecular flexibility index (Phi) is 6.12. The molecule has 1 fully saturated rings. The second kappa shape index (κ2) is 8.08. The molecule has 2 aromatic rings. The molecular formula is C16H21ClN4O2. The van der Waals surface area contributed by atoms with E-state index in [1.807, 2.05) is 37.3 Å². The molecule has 2 atom stereocenters. The molecule has 1 aromatic heterocycles. The zero-order chi connectivity index (χ0) is 15.4. The van der Waals surface area contributed by atoms with Gasteiger partial charge in [0.15, 0.2) is 5.82 Å². The van der Waals surface area contributed by atoms with Crippen LogP contribution in [0.25, 0.3) is 11.5 Å². The summed E-state index contributed by atoms with van der Waals surface area (Å²) in [5, 5.41) is 10.1. The summed E-state index contributed by atoms with van der Waals surface area (Å²) in [4.78, 5) is 16.6. The quantitative estimate of drug-likeness (QED) is 0.896. The summed E-state index contributed by atoms with van der Waals surface area (Å²) in [6.45, 7) is 2.76. The Morgan fingerprint density at radius 2 is 2.13 bits per heavy atom. The first-order valence-electron chi connectivity index (χ1n) is 7.67. The number of carbonyl (C=O) groups excluding carboxylic acids is 1. The maximum absolute atomic E-state index is 12.2. The number of rotatable bonds is 4. The average Bonchev–Trinajstić information content (AvgIpc) is 3.06. The number of halogens is 1.